The lowest BCUT2D eigenvalue weighted by Gasteiger charge is -2.20. The fourth-order valence-electron chi connectivity index (χ4n) is 2.33. The third-order valence-corrected chi connectivity index (χ3v) is 3.55. The van der Waals surface area contributed by atoms with Crippen molar-refractivity contribution in [1.82, 2.24) is 0 Å². The van der Waals surface area contributed by atoms with E-state index in [0.717, 1.165) is 0 Å². The van der Waals surface area contributed by atoms with Gasteiger partial charge in [0.25, 0.3) is 0 Å². The average molecular weight is 357 g/mol. The molecule has 0 aromatic heterocycles. The van der Waals surface area contributed by atoms with Crippen LogP contribution in [0.2, 0.25) is 0 Å². The molecule has 1 aliphatic heterocycles. The summed E-state index contributed by atoms with van der Waals surface area (Å²) in [7, 11) is 0. The minimum absolute atomic E-state index is 0.201. The van der Waals surface area contributed by atoms with E-state index in [-0.39, 0.29) is 12.6 Å². The molecule has 8 nitrogen and oxygen atoms in total. The molecular weight excluding hydrogens is 330 g/mol. The second-order valence-corrected chi connectivity index (χ2v) is 5.42. The van der Waals surface area contributed by atoms with E-state index < -0.39 is 0 Å². The Morgan fingerprint density at radius 3 is 2.16 bits per heavy atom. The quantitative estimate of drug-likeness (QED) is 0.730. The summed E-state index contributed by atoms with van der Waals surface area (Å²) in [6.45, 7) is 4.24. The van der Waals surface area contributed by atoms with Crippen LogP contribution in [0.4, 0.5) is 0 Å². The molecule has 2 rings (SSSR count). The molecule has 8 heteroatoms. The van der Waals surface area contributed by atoms with Crippen LogP contribution in [0.15, 0.2) is 23.2 Å². The number of hydrogen-bond acceptors (Lipinski definition) is 8. The zero-order valence-corrected chi connectivity index (χ0v) is 14.5. The monoisotopic (exact) mass is 357 g/mol. The van der Waals surface area contributed by atoms with Gasteiger partial charge in [-0.3, -0.25) is 0 Å². The molecule has 0 bridgehead atoms. The summed E-state index contributed by atoms with van der Waals surface area (Å²) in [5.74, 6) is 0.888. The predicted octanol–water partition coefficient (Wildman–Crippen LogP) is 0.517. The molecule has 25 heavy (non-hydrogen) atoms. The number of rotatable bonds is 3. The first kappa shape index (κ1) is 19.7. The maximum atomic E-state index is 12.0. The van der Waals surface area contributed by atoms with Crippen molar-refractivity contribution >= 4 is 5.97 Å². The van der Waals surface area contributed by atoms with Gasteiger partial charge in [0.05, 0.1) is 39.6 Å². The number of carbonyl (C=O) groups is 1. The van der Waals surface area contributed by atoms with E-state index >= 15 is 0 Å². The van der Waals surface area contributed by atoms with Gasteiger partial charge < -0.3 is 34.2 Å². The molecule has 1 heterocycles. The van der Waals surface area contributed by atoms with Crippen LogP contribution in [0.25, 0.3) is 0 Å². The Morgan fingerprint density at radius 1 is 0.920 bits per heavy atom. The van der Waals surface area contributed by atoms with Crippen molar-refractivity contribution in [1.29, 1.82) is 0 Å². The summed E-state index contributed by atoms with van der Waals surface area (Å²) in [5, 5.41) is 0. The van der Waals surface area contributed by atoms with Gasteiger partial charge in [-0.1, -0.05) is 0 Å². The molecule has 2 aliphatic rings. The van der Waals surface area contributed by atoms with Crippen molar-refractivity contribution in [2.75, 3.05) is 66.0 Å². The lowest BCUT2D eigenvalue weighted by Crippen LogP contribution is -2.18. The summed E-state index contributed by atoms with van der Waals surface area (Å²) in [6, 6.07) is 0. The van der Waals surface area contributed by atoms with Gasteiger partial charge in [0.2, 0.25) is 0 Å². The molecule has 0 spiro atoms. The van der Waals surface area contributed by atoms with Gasteiger partial charge in [-0.15, -0.1) is 0 Å². The highest BCUT2D eigenvalue weighted by atomic mass is 16.6. The fraction of sp³-hybridized carbons (Fsp3) is 0.706. The highest BCUT2D eigenvalue weighted by molar-refractivity contribution is 5.89. The first-order valence-corrected chi connectivity index (χ1v) is 8.61. The van der Waals surface area contributed by atoms with E-state index in [2.05, 4.69) is 0 Å². The van der Waals surface area contributed by atoms with Crippen LogP contribution in [0.1, 0.15) is 12.8 Å². The van der Waals surface area contributed by atoms with Crippen LogP contribution < -0.4 is 5.73 Å². The van der Waals surface area contributed by atoms with Crippen molar-refractivity contribution in [2.45, 2.75) is 12.8 Å². The molecule has 0 atom stereocenters. The van der Waals surface area contributed by atoms with Crippen molar-refractivity contribution in [3.63, 3.8) is 0 Å². The van der Waals surface area contributed by atoms with E-state index in [4.69, 9.17) is 34.2 Å². The van der Waals surface area contributed by atoms with Gasteiger partial charge in [0, 0.05) is 18.5 Å². The Balaban J connectivity index is 1.98. The van der Waals surface area contributed by atoms with Crippen LogP contribution in [0, 0.1) is 0 Å². The zero-order chi connectivity index (χ0) is 17.7. The van der Waals surface area contributed by atoms with E-state index in [1.54, 1.807) is 6.08 Å². The molecule has 0 unspecified atom stereocenters. The number of allylic oxidation sites excluding steroid dienone is 2. The molecule has 0 saturated carbocycles. The van der Waals surface area contributed by atoms with Gasteiger partial charge >= 0.3 is 5.97 Å². The Hall–Kier alpha value is -1.61. The summed E-state index contributed by atoms with van der Waals surface area (Å²) in [4.78, 5) is 12.0. The molecule has 0 aromatic rings. The van der Waals surface area contributed by atoms with E-state index in [0.29, 0.717) is 89.3 Å². The smallest absolute Gasteiger partial charge is 0.334 e. The van der Waals surface area contributed by atoms with Crippen LogP contribution >= 0.6 is 0 Å². The van der Waals surface area contributed by atoms with Crippen molar-refractivity contribution in [3.8, 4) is 0 Å². The summed E-state index contributed by atoms with van der Waals surface area (Å²) in [6.07, 6.45) is 2.79. The normalized spacial score (nSPS) is 20.9. The third kappa shape index (κ3) is 7.43. The second kappa shape index (κ2) is 11.9. The average Bonchev–Trinajstić information content (AvgIpc) is 2.64. The number of ether oxygens (including phenoxy) is 6. The summed E-state index contributed by atoms with van der Waals surface area (Å²) in [5.41, 5.74) is 5.91. The highest BCUT2D eigenvalue weighted by Crippen LogP contribution is 2.26. The van der Waals surface area contributed by atoms with Gasteiger partial charge in [0.1, 0.15) is 25.6 Å². The zero-order valence-electron chi connectivity index (χ0n) is 14.5. The lowest BCUT2D eigenvalue weighted by atomic mass is 10.0. The van der Waals surface area contributed by atoms with Crippen LogP contribution in [0.3, 0.4) is 0 Å². The lowest BCUT2D eigenvalue weighted by molar-refractivity contribution is -0.139. The number of nitrogens with two attached hydrogens (primary N) is 1. The molecule has 2 N–H and O–H groups in total. The molecule has 142 valence electrons. The Kier molecular flexibility index (Phi) is 9.35. The molecule has 0 saturated heterocycles. The molecule has 1 aliphatic carbocycles. The summed E-state index contributed by atoms with van der Waals surface area (Å²) < 4.78 is 32.8. The number of carbonyl (C=O) groups excluding carboxylic acids is 1. The largest absolute Gasteiger partial charge is 0.492 e. The maximum Gasteiger partial charge on any atom is 0.334 e. The predicted molar refractivity (Wildman–Crippen MR) is 88.7 cm³/mol. The first-order valence-electron chi connectivity index (χ1n) is 8.61. The van der Waals surface area contributed by atoms with Crippen LogP contribution in [-0.4, -0.2) is 72.0 Å². The van der Waals surface area contributed by atoms with Gasteiger partial charge in [-0.25, -0.2) is 4.79 Å². The van der Waals surface area contributed by atoms with Gasteiger partial charge in [-0.2, -0.15) is 0 Å². The number of hydrogen-bond donors (Lipinski definition) is 1. The number of esters is 1. The molecule has 0 radical (unpaired) electrons. The Bertz CT molecular complexity index is 476. The van der Waals surface area contributed by atoms with E-state index in [1.807, 2.05) is 0 Å². The SMILES string of the molecule is NCCOC(=O)C1=CC2=C(CC1)OCCOCCOCCOCCO2. The van der Waals surface area contributed by atoms with Crippen molar-refractivity contribution in [2.24, 2.45) is 5.73 Å². The molecule has 0 amide bonds. The molecular formula is C17H27NO7. The second-order valence-electron chi connectivity index (χ2n) is 5.42. The summed E-state index contributed by atoms with van der Waals surface area (Å²) >= 11 is 0. The fourth-order valence-corrected chi connectivity index (χ4v) is 2.33. The minimum atomic E-state index is -0.367. The molecule has 0 aromatic carbocycles. The van der Waals surface area contributed by atoms with Crippen LogP contribution in [0.5, 0.6) is 0 Å². The Labute approximate surface area is 147 Å². The third-order valence-electron chi connectivity index (χ3n) is 3.55. The highest BCUT2D eigenvalue weighted by Gasteiger charge is 2.21. The molecule has 0 fully saturated rings. The minimum Gasteiger partial charge on any atom is -0.492 e. The topological polar surface area (TPSA) is 98.5 Å². The van der Waals surface area contributed by atoms with Gasteiger partial charge in [-0.05, 0) is 12.5 Å². The van der Waals surface area contributed by atoms with Crippen molar-refractivity contribution < 1.29 is 33.2 Å². The van der Waals surface area contributed by atoms with E-state index in [9.17, 15) is 4.79 Å². The van der Waals surface area contributed by atoms with Gasteiger partial charge in [0.15, 0.2) is 5.76 Å². The van der Waals surface area contributed by atoms with Crippen molar-refractivity contribution in [3.05, 3.63) is 23.2 Å². The standard InChI is InChI=1S/C17H27NO7/c18-3-4-25-17(19)14-1-2-15-16(13-14)24-12-10-22-8-6-20-5-7-21-9-11-23-15/h13H,1-12,18H2. The first-order chi connectivity index (χ1) is 12.3. The maximum absolute atomic E-state index is 12.0. The van der Waals surface area contributed by atoms with Crippen LogP contribution in [-0.2, 0) is 33.2 Å². The van der Waals surface area contributed by atoms with E-state index in [1.165, 1.54) is 0 Å². The Morgan fingerprint density at radius 2 is 1.52 bits per heavy atom.